The molecule has 20 heavy (non-hydrogen) atoms. The fourth-order valence-electron chi connectivity index (χ4n) is 1.78. The minimum absolute atomic E-state index is 0.698. The fraction of sp³-hybridized carbons (Fsp3) is 0.333. The SMILES string of the molecule is COCCNCc1cc(Cl)ccc1Sc1ccoc1C. The van der Waals surface area contributed by atoms with E-state index in [9.17, 15) is 0 Å². The van der Waals surface area contributed by atoms with Crippen LogP contribution in [-0.2, 0) is 11.3 Å². The molecular weight excluding hydrogens is 294 g/mol. The summed E-state index contributed by atoms with van der Waals surface area (Å²) >= 11 is 7.79. The van der Waals surface area contributed by atoms with Crippen LogP contribution in [0.1, 0.15) is 11.3 Å². The van der Waals surface area contributed by atoms with E-state index in [1.165, 1.54) is 10.5 Å². The van der Waals surface area contributed by atoms with E-state index < -0.39 is 0 Å². The molecule has 0 aliphatic carbocycles. The van der Waals surface area contributed by atoms with Gasteiger partial charge in [0.2, 0.25) is 0 Å². The highest BCUT2D eigenvalue weighted by Gasteiger charge is 2.08. The third-order valence-corrected chi connectivity index (χ3v) is 4.35. The van der Waals surface area contributed by atoms with Gasteiger partial charge in [-0.3, -0.25) is 0 Å². The molecule has 2 rings (SSSR count). The Bertz CT molecular complexity index is 557. The van der Waals surface area contributed by atoms with Crippen LogP contribution < -0.4 is 5.32 Å². The number of aryl methyl sites for hydroxylation is 1. The predicted octanol–water partition coefficient (Wildman–Crippen LogP) is 4.13. The summed E-state index contributed by atoms with van der Waals surface area (Å²) in [5.41, 5.74) is 1.18. The first-order valence-electron chi connectivity index (χ1n) is 6.40. The standard InChI is InChI=1S/C15H18ClNO2S/c1-11-14(5-7-19-11)20-15-4-3-13(16)9-12(15)10-17-6-8-18-2/h3-5,7,9,17H,6,8,10H2,1-2H3. The number of halogens is 1. The molecule has 5 heteroatoms. The summed E-state index contributed by atoms with van der Waals surface area (Å²) in [5, 5.41) is 4.10. The summed E-state index contributed by atoms with van der Waals surface area (Å²) < 4.78 is 10.4. The second kappa shape index (κ2) is 7.74. The normalized spacial score (nSPS) is 10.9. The Kier molecular flexibility index (Phi) is 5.98. The van der Waals surface area contributed by atoms with Gasteiger partial charge in [-0.2, -0.15) is 0 Å². The Morgan fingerprint density at radius 2 is 2.15 bits per heavy atom. The number of nitrogens with one attached hydrogen (secondary N) is 1. The molecule has 1 aromatic heterocycles. The summed E-state index contributed by atoms with van der Waals surface area (Å²) in [6.07, 6.45) is 1.71. The average molecular weight is 312 g/mol. The van der Waals surface area contributed by atoms with Crippen LogP contribution in [0.15, 0.2) is 44.7 Å². The van der Waals surface area contributed by atoms with Crippen LogP contribution >= 0.6 is 23.4 Å². The van der Waals surface area contributed by atoms with Gasteiger partial charge in [0.1, 0.15) is 5.76 Å². The molecule has 0 spiro atoms. The predicted molar refractivity (Wildman–Crippen MR) is 82.6 cm³/mol. The van der Waals surface area contributed by atoms with Gasteiger partial charge >= 0.3 is 0 Å². The van der Waals surface area contributed by atoms with Crippen molar-refractivity contribution in [2.45, 2.75) is 23.3 Å². The molecule has 0 atom stereocenters. The number of ether oxygens (including phenoxy) is 1. The van der Waals surface area contributed by atoms with Crippen LogP contribution in [0.5, 0.6) is 0 Å². The molecule has 0 saturated carbocycles. The lowest BCUT2D eigenvalue weighted by molar-refractivity contribution is 0.199. The molecule has 0 unspecified atom stereocenters. The van der Waals surface area contributed by atoms with Crippen LogP contribution in [0, 0.1) is 6.92 Å². The van der Waals surface area contributed by atoms with E-state index in [-0.39, 0.29) is 0 Å². The van der Waals surface area contributed by atoms with Gasteiger partial charge in [-0.05, 0) is 36.8 Å². The second-order valence-electron chi connectivity index (χ2n) is 4.36. The van der Waals surface area contributed by atoms with Gasteiger partial charge in [-0.25, -0.2) is 0 Å². The van der Waals surface area contributed by atoms with Gasteiger partial charge in [0.25, 0.3) is 0 Å². The number of benzene rings is 1. The maximum Gasteiger partial charge on any atom is 0.114 e. The topological polar surface area (TPSA) is 34.4 Å². The summed E-state index contributed by atoms with van der Waals surface area (Å²) in [6.45, 7) is 4.25. The number of furan rings is 1. The number of rotatable bonds is 7. The summed E-state index contributed by atoms with van der Waals surface area (Å²) in [6, 6.07) is 7.95. The molecule has 0 amide bonds. The van der Waals surface area contributed by atoms with Crippen molar-refractivity contribution >= 4 is 23.4 Å². The van der Waals surface area contributed by atoms with Crippen LogP contribution in [0.4, 0.5) is 0 Å². The third-order valence-electron chi connectivity index (χ3n) is 2.85. The number of hydrogen-bond acceptors (Lipinski definition) is 4. The Morgan fingerprint density at radius 1 is 1.30 bits per heavy atom. The van der Waals surface area contributed by atoms with Crippen molar-refractivity contribution < 1.29 is 9.15 Å². The zero-order chi connectivity index (χ0) is 14.4. The highest BCUT2D eigenvalue weighted by Crippen LogP contribution is 2.34. The van der Waals surface area contributed by atoms with Gasteiger partial charge < -0.3 is 14.5 Å². The molecule has 0 fully saturated rings. The molecule has 1 heterocycles. The van der Waals surface area contributed by atoms with Crippen LogP contribution in [0.3, 0.4) is 0 Å². The lowest BCUT2D eigenvalue weighted by atomic mass is 10.2. The Hall–Kier alpha value is -0.940. The highest BCUT2D eigenvalue weighted by molar-refractivity contribution is 7.99. The summed E-state index contributed by atoms with van der Waals surface area (Å²) in [5.74, 6) is 0.934. The highest BCUT2D eigenvalue weighted by atomic mass is 35.5. The zero-order valence-electron chi connectivity index (χ0n) is 11.6. The molecule has 3 nitrogen and oxygen atoms in total. The Morgan fingerprint density at radius 3 is 2.85 bits per heavy atom. The summed E-state index contributed by atoms with van der Waals surface area (Å²) in [4.78, 5) is 2.31. The van der Waals surface area contributed by atoms with Crippen molar-refractivity contribution in [3.63, 3.8) is 0 Å². The first-order valence-corrected chi connectivity index (χ1v) is 7.60. The molecule has 0 aliphatic rings. The third kappa shape index (κ3) is 4.28. The van der Waals surface area contributed by atoms with Crippen molar-refractivity contribution in [3.05, 3.63) is 46.9 Å². The maximum atomic E-state index is 6.09. The molecule has 2 aromatic rings. The van der Waals surface area contributed by atoms with Gasteiger partial charge in [-0.1, -0.05) is 23.4 Å². The van der Waals surface area contributed by atoms with Crippen LogP contribution in [0.2, 0.25) is 5.02 Å². The van der Waals surface area contributed by atoms with E-state index in [1.54, 1.807) is 25.1 Å². The lowest BCUT2D eigenvalue weighted by Crippen LogP contribution is -2.18. The molecule has 0 saturated heterocycles. The smallest absolute Gasteiger partial charge is 0.114 e. The van der Waals surface area contributed by atoms with E-state index in [2.05, 4.69) is 5.32 Å². The minimum Gasteiger partial charge on any atom is -0.468 e. The molecular formula is C15H18ClNO2S. The Labute approximate surface area is 128 Å². The summed E-state index contributed by atoms with van der Waals surface area (Å²) in [7, 11) is 1.70. The van der Waals surface area contributed by atoms with Gasteiger partial charge in [0, 0.05) is 30.1 Å². The molecule has 0 bridgehead atoms. The zero-order valence-corrected chi connectivity index (χ0v) is 13.2. The molecule has 0 aliphatic heterocycles. The Balaban J connectivity index is 2.09. The van der Waals surface area contributed by atoms with Crippen molar-refractivity contribution in [1.82, 2.24) is 5.32 Å². The van der Waals surface area contributed by atoms with E-state index >= 15 is 0 Å². The minimum atomic E-state index is 0.698. The molecule has 0 radical (unpaired) electrons. The van der Waals surface area contributed by atoms with Crippen LogP contribution in [-0.4, -0.2) is 20.3 Å². The monoisotopic (exact) mass is 311 g/mol. The maximum absolute atomic E-state index is 6.09. The molecule has 108 valence electrons. The van der Waals surface area contributed by atoms with Crippen molar-refractivity contribution in [1.29, 1.82) is 0 Å². The van der Waals surface area contributed by atoms with E-state index in [0.717, 1.165) is 28.8 Å². The van der Waals surface area contributed by atoms with Gasteiger partial charge in [0.15, 0.2) is 0 Å². The number of methoxy groups -OCH3 is 1. The van der Waals surface area contributed by atoms with E-state index in [0.29, 0.717) is 6.61 Å². The van der Waals surface area contributed by atoms with Crippen LogP contribution in [0.25, 0.3) is 0 Å². The quantitative estimate of drug-likeness (QED) is 0.780. The largest absolute Gasteiger partial charge is 0.468 e. The second-order valence-corrected chi connectivity index (χ2v) is 5.88. The molecule has 1 N–H and O–H groups in total. The fourth-order valence-corrected chi connectivity index (χ4v) is 2.93. The van der Waals surface area contributed by atoms with E-state index in [4.69, 9.17) is 20.8 Å². The first kappa shape index (κ1) is 15.4. The van der Waals surface area contributed by atoms with Crippen molar-refractivity contribution in [3.8, 4) is 0 Å². The molecule has 1 aromatic carbocycles. The average Bonchev–Trinajstić information content (AvgIpc) is 2.83. The van der Waals surface area contributed by atoms with Crippen molar-refractivity contribution in [2.75, 3.05) is 20.3 Å². The van der Waals surface area contributed by atoms with Gasteiger partial charge in [0.05, 0.1) is 17.8 Å². The van der Waals surface area contributed by atoms with E-state index in [1.807, 2.05) is 31.2 Å². The van der Waals surface area contributed by atoms with Crippen molar-refractivity contribution in [2.24, 2.45) is 0 Å². The lowest BCUT2D eigenvalue weighted by Gasteiger charge is -2.10. The number of hydrogen-bond donors (Lipinski definition) is 1. The first-order chi connectivity index (χ1) is 9.70. The van der Waals surface area contributed by atoms with Gasteiger partial charge in [-0.15, -0.1) is 0 Å².